The Balaban J connectivity index is 2.67. The second-order valence-electron chi connectivity index (χ2n) is 4.65. The quantitative estimate of drug-likeness (QED) is 0.466. The topological polar surface area (TPSA) is 142 Å². The standard InChI is InChI=1S/C11H19N3O6/c1-6-5-20-7(4-15)3-14(6)11(19)13-8(10(17)18)2-9(12)16/h6-8,15H,2-5H2,1H3,(H2,12,16)(H,13,19)(H,17,18)/t6?,7?,8-/m0/s1. The number of hydrogen-bond acceptors (Lipinski definition) is 5. The maximum Gasteiger partial charge on any atom is 0.326 e. The van der Waals surface area contributed by atoms with Crippen molar-refractivity contribution in [2.45, 2.75) is 31.5 Å². The van der Waals surface area contributed by atoms with E-state index in [2.05, 4.69) is 5.32 Å². The average molecular weight is 289 g/mol. The van der Waals surface area contributed by atoms with Crippen LogP contribution in [0.2, 0.25) is 0 Å². The van der Waals surface area contributed by atoms with Gasteiger partial charge in [-0.1, -0.05) is 0 Å². The Morgan fingerprint density at radius 3 is 2.65 bits per heavy atom. The van der Waals surface area contributed by atoms with Gasteiger partial charge in [0, 0.05) is 0 Å². The molecule has 0 spiro atoms. The Hall–Kier alpha value is -1.87. The van der Waals surface area contributed by atoms with Gasteiger partial charge in [0.1, 0.15) is 6.04 Å². The molecule has 9 heteroatoms. The molecule has 20 heavy (non-hydrogen) atoms. The summed E-state index contributed by atoms with van der Waals surface area (Å²) < 4.78 is 5.27. The molecule has 0 bridgehead atoms. The van der Waals surface area contributed by atoms with E-state index in [9.17, 15) is 14.4 Å². The second kappa shape index (κ2) is 7.06. The maximum absolute atomic E-state index is 12.0. The van der Waals surface area contributed by atoms with Crippen molar-refractivity contribution in [2.24, 2.45) is 5.73 Å². The molecule has 0 radical (unpaired) electrons. The molecule has 1 rings (SSSR count). The summed E-state index contributed by atoms with van der Waals surface area (Å²) in [4.78, 5) is 35.1. The van der Waals surface area contributed by atoms with Crippen LogP contribution >= 0.6 is 0 Å². The van der Waals surface area contributed by atoms with Gasteiger partial charge in [-0.25, -0.2) is 9.59 Å². The molecule has 3 atom stereocenters. The lowest BCUT2D eigenvalue weighted by Crippen LogP contribution is -2.57. The molecule has 1 aliphatic heterocycles. The lowest BCUT2D eigenvalue weighted by molar-refractivity contribution is -0.141. The minimum Gasteiger partial charge on any atom is -0.480 e. The van der Waals surface area contributed by atoms with Crippen LogP contribution < -0.4 is 11.1 Å². The van der Waals surface area contributed by atoms with Crippen LogP contribution in [0.15, 0.2) is 0 Å². The first-order valence-corrected chi connectivity index (χ1v) is 6.15. The van der Waals surface area contributed by atoms with E-state index in [4.69, 9.17) is 20.7 Å². The number of carboxylic acids is 1. The van der Waals surface area contributed by atoms with Crippen molar-refractivity contribution < 1.29 is 29.3 Å². The first-order valence-electron chi connectivity index (χ1n) is 6.15. The van der Waals surface area contributed by atoms with Gasteiger partial charge in [0.25, 0.3) is 0 Å². The predicted molar refractivity (Wildman–Crippen MR) is 66.8 cm³/mol. The maximum atomic E-state index is 12.0. The summed E-state index contributed by atoms with van der Waals surface area (Å²) >= 11 is 0. The second-order valence-corrected chi connectivity index (χ2v) is 4.65. The van der Waals surface area contributed by atoms with Crippen LogP contribution in [-0.4, -0.2) is 71.0 Å². The number of aliphatic hydroxyl groups is 1. The molecule has 0 saturated carbocycles. The van der Waals surface area contributed by atoms with Gasteiger partial charge in [0.05, 0.1) is 38.3 Å². The van der Waals surface area contributed by atoms with E-state index in [1.165, 1.54) is 4.90 Å². The van der Waals surface area contributed by atoms with E-state index in [0.717, 1.165) is 0 Å². The van der Waals surface area contributed by atoms with Gasteiger partial charge in [-0.15, -0.1) is 0 Å². The average Bonchev–Trinajstić information content (AvgIpc) is 2.37. The summed E-state index contributed by atoms with van der Waals surface area (Å²) in [5.74, 6) is -2.15. The zero-order valence-electron chi connectivity index (χ0n) is 11.1. The van der Waals surface area contributed by atoms with Crippen molar-refractivity contribution >= 4 is 17.9 Å². The first kappa shape index (κ1) is 16.2. The highest BCUT2D eigenvalue weighted by Gasteiger charge is 2.32. The molecule has 0 aromatic rings. The first-order chi connectivity index (χ1) is 9.35. The number of rotatable bonds is 5. The number of carbonyl (C=O) groups excluding carboxylic acids is 2. The monoisotopic (exact) mass is 289 g/mol. The molecule has 1 saturated heterocycles. The number of morpholine rings is 1. The molecule has 9 nitrogen and oxygen atoms in total. The minimum absolute atomic E-state index is 0.145. The molecule has 0 aliphatic carbocycles. The highest BCUT2D eigenvalue weighted by molar-refractivity contribution is 5.87. The molecule has 0 aromatic heterocycles. The third kappa shape index (κ3) is 4.35. The molecule has 1 heterocycles. The molecular formula is C11H19N3O6. The number of hydrogen-bond donors (Lipinski definition) is 4. The predicted octanol–water partition coefficient (Wildman–Crippen LogP) is -1.89. The SMILES string of the molecule is CC1COC(CO)CN1C(=O)N[C@@H](CC(N)=O)C(=O)O. The molecular weight excluding hydrogens is 270 g/mol. The molecule has 2 unspecified atom stereocenters. The van der Waals surface area contributed by atoms with Crippen LogP contribution in [0, 0.1) is 0 Å². The van der Waals surface area contributed by atoms with Crippen molar-refractivity contribution in [1.82, 2.24) is 10.2 Å². The van der Waals surface area contributed by atoms with Crippen molar-refractivity contribution in [3.8, 4) is 0 Å². The number of ether oxygens (including phenoxy) is 1. The van der Waals surface area contributed by atoms with Crippen LogP contribution in [0.3, 0.4) is 0 Å². The number of urea groups is 1. The molecule has 1 aliphatic rings. The van der Waals surface area contributed by atoms with E-state index in [1.54, 1.807) is 6.92 Å². The van der Waals surface area contributed by atoms with Gasteiger partial charge >= 0.3 is 12.0 Å². The molecule has 1 fully saturated rings. The number of amides is 3. The molecule has 114 valence electrons. The Labute approximate surface area is 115 Å². The highest BCUT2D eigenvalue weighted by atomic mass is 16.5. The number of primary amides is 1. The Kier molecular flexibility index (Phi) is 5.71. The smallest absolute Gasteiger partial charge is 0.326 e. The van der Waals surface area contributed by atoms with E-state index >= 15 is 0 Å². The largest absolute Gasteiger partial charge is 0.480 e. The summed E-state index contributed by atoms with van der Waals surface area (Å²) in [7, 11) is 0. The van der Waals surface area contributed by atoms with Crippen LogP contribution in [0.4, 0.5) is 4.79 Å². The number of nitrogens with two attached hydrogens (primary N) is 1. The van der Waals surface area contributed by atoms with E-state index in [0.29, 0.717) is 0 Å². The molecule has 0 aromatic carbocycles. The summed E-state index contributed by atoms with van der Waals surface area (Å²) in [6.07, 6.45) is -0.986. The molecule has 3 amide bonds. The number of aliphatic hydroxyl groups excluding tert-OH is 1. The summed E-state index contributed by atoms with van der Waals surface area (Å²) in [5, 5.41) is 20.2. The van der Waals surface area contributed by atoms with E-state index in [1.807, 2.05) is 0 Å². The summed E-state index contributed by atoms with van der Waals surface area (Å²) in [6.45, 7) is 1.88. The Bertz CT molecular complexity index is 388. The van der Waals surface area contributed by atoms with Crippen LogP contribution in [0.1, 0.15) is 13.3 Å². The van der Waals surface area contributed by atoms with Gasteiger partial charge < -0.3 is 30.9 Å². The van der Waals surface area contributed by atoms with E-state index in [-0.39, 0.29) is 25.8 Å². The van der Waals surface area contributed by atoms with Gasteiger partial charge in [-0.2, -0.15) is 0 Å². The van der Waals surface area contributed by atoms with Gasteiger partial charge in [0.15, 0.2) is 0 Å². The third-order valence-electron chi connectivity index (χ3n) is 2.97. The number of nitrogens with zero attached hydrogens (tertiary/aromatic N) is 1. The van der Waals surface area contributed by atoms with Crippen LogP contribution in [0.5, 0.6) is 0 Å². The van der Waals surface area contributed by atoms with Crippen molar-refractivity contribution in [2.75, 3.05) is 19.8 Å². The number of carboxylic acid groups (broad SMARTS) is 1. The van der Waals surface area contributed by atoms with Crippen molar-refractivity contribution in [3.05, 3.63) is 0 Å². The Morgan fingerprint density at radius 2 is 2.15 bits per heavy atom. The van der Waals surface area contributed by atoms with Gasteiger partial charge in [0.2, 0.25) is 5.91 Å². The van der Waals surface area contributed by atoms with Crippen LogP contribution in [-0.2, 0) is 14.3 Å². The minimum atomic E-state index is -1.37. The zero-order valence-corrected chi connectivity index (χ0v) is 11.1. The Morgan fingerprint density at radius 1 is 1.50 bits per heavy atom. The lowest BCUT2D eigenvalue weighted by Gasteiger charge is -2.37. The van der Waals surface area contributed by atoms with Crippen LogP contribution in [0.25, 0.3) is 0 Å². The zero-order chi connectivity index (χ0) is 15.3. The fourth-order valence-electron chi connectivity index (χ4n) is 1.84. The molecule has 5 N–H and O–H groups in total. The lowest BCUT2D eigenvalue weighted by atomic mass is 10.2. The van der Waals surface area contributed by atoms with Crippen molar-refractivity contribution in [3.63, 3.8) is 0 Å². The van der Waals surface area contributed by atoms with Crippen molar-refractivity contribution in [1.29, 1.82) is 0 Å². The van der Waals surface area contributed by atoms with Gasteiger partial charge in [-0.05, 0) is 6.92 Å². The fraction of sp³-hybridized carbons (Fsp3) is 0.727. The number of nitrogens with one attached hydrogen (secondary N) is 1. The highest BCUT2D eigenvalue weighted by Crippen LogP contribution is 2.12. The van der Waals surface area contributed by atoms with Gasteiger partial charge in [-0.3, -0.25) is 4.79 Å². The summed E-state index contributed by atoms with van der Waals surface area (Å²) in [6, 6.07) is -2.27. The normalized spacial score (nSPS) is 24.0. The third-order valence-corrected chi connectivity index (χ3v) is 2.97. The summed E-state index contributed by atoms with van der Waals surface area (Å²) in [5.41, 5.74) is 4.94. The number of aliphatic carboxylic acids is 1. The number of carbonyl (C=O) groups is 3. The fourth-order valence-corrected chi connectivity index (χ4v) is 1.84. The van der Waals surface area contributed by atoms with E-state index < -0.39 is 36.5 Å².